The second kappa shape index (κ2) is 7.62. The monoisotopic (exact) mass is 366 g/mol. The van der Waals surface area contributed by atoms with Crippen molar-refractivity contribution >= 4 is 10.9 Å². The summed E-state index contributed by atoms with van der Waals surface area (Å²) in [6.45, 7) is 5.96. The van der Waals surface area contributed by atoms with Crippen LogP contribution in [0.25, 0.3) is 10.9 Å². The van der Waals surface area contributed by atoms with E-state index >= 15 is 0 Å². The number of aryl methyl sites for hydroxylation is 1. The molecule has 1 aliphatic heterocycles. The molecule has 3 aromatic rings. The van der Waals surface area contributed by atoms with Crippen LogP contribution in [0, 0.1) is 12.8 Å². The summed E-state index contributed by atoms with van der Waals surface area (Å²) in [7, 11) is 0. The van der Waals surface area contributed by atoms with E-state index in [1.165, 1.54) is 6.42 Å². The van der Waals surface area contributed by atoms with Gasteiger partial charge in [0.2, 0.25) is 0 Å². The lowest BCUT2D eigenvalue weighted by Gasteiger charge is -2.32. The van der Waals surface area contributed by atoms with Crippen LogP contribution in [0.1, 0.15) is 29.7 Å². The molecule has 7 nitrogen and oxygen atoms in total. The van der Waals surface area contributed by atoms with Crippen molar-refractivity contribution < 1.29 is 0 Å². The number of nitrogens with one attached hydrogen (secondary N) is 1. The standard InChI is InChI=1S/C20H26N6O/c1-14-4-5-16-8-17(20(27)22-19(16)7-14)12-25-6-2-3-15(10-25)11-26-13-18(9-21)23-24-26/h4-5,7-8,13,15H,2-3,6,9-12,21H2,1H3,(H,22,27). The predicted molar refractivity (Wildman–Crippen MR) is 105 cm³/mol. The minimum atomic E-state index is 0.0130. The molecule has 1 unspecified atom stereocenters. The lowest BCUT2D eigenvalue weighted by molar-refractivity contribution is 0.152. The first kappa shape index (κ1) is 17.9. The van der Waals surface area contributed by atoms with Gasteiger partial charge in [-0.05, 0) is 55.3 Å². The molecule has 0 radical (unpaired) electrons. The van der Waals surface area contributed by atoms with Crippen molar-refractivity contribution in [2.75, 3.05) is 13.1 Å². The number of likely N-dealkylation sites (tertiary alicyclic amines) is 1. The highest BCUT2D eigenvalue weighted by Gasteiger charge is 2.21. The molecule has 0 spiro atoms. The van der Waals surface area contributed by atoms with E-state index in [2.05, 4.69) is 32.3 Å². The minimum absolute atomic E-state index is 0.0130. The van der Waals surface area contributed by atoms with E-state index in [9.17, 15) is 4.79 Å². The Labute approximate surface area is 158 Å². The molecule has 142 valence electrons. The molecule has 0 bridgehead atoms. The molecular formula is C20H26N6O. The van der Waals surface area contributed by atoms with Gasteiger partial charge in [-0.3, -0.25) is 14.4 Å². The van der Waals surface area contributed by atoms with Gasteiger partial charge < -0.3 is 10.7 Å². The number of piperidine rings is 1. The fourth-order valence-corrected chi connectivity index (χ4v) is 3.95. The molecule has 1 aromatic carbocycles. The van der Waals surface area contributed by atoms with Crippen LogP contribution in [0.5, 0.6) is 0 Å². The number of hydrogen-bond donors (Lipinski definition) is 2. The number of aromatic nitrogens is 4. The minimum Gasteiger partial charge on any atom is -0.325 e. The van der Waals surface area contributed by atoms with Gasteiger partial charge in [0.15, 0.2) is 0 Å². The Kier molecular flexibility index (Phi) is 5.05. The lowest BCUT2D eigenvalue weighted by atomic mass is 9.97. The number of rotatable bonds is 5. The van der Waals surface area contributed by atoms with Gasteiger partial charge in [0.05, 0.1) is 5.69 Å². The number of H-pyrrole nitrogens is 1. The van der Waals surface area contributed by atoms with Crippen LogP contribution in [0.2, 0.25) is 0 Å². The second-order valence-corrected chi connectivity index (χ2v) is 7.59. The van der Waals surface area contributed by atoms with Crippen molar-refractivity contribution in [3.05, 3.63) is 57.6 Å². The van der Waals surface area contributed by atoms with Crippen LogP contribution in [0.4, 0.5) is 0 Å². The number of aromatic amines is 1. The molecule has 1 aliphatic rings. The topological polar surface area (TPSA) is 92.8 Å². The van der Waals surface area contributed by atoms with Crippen molar-refractivity contribution in [2.45, 2.75) is 39.4 Å². The Bertz CT molecular complexity index is 992. The van der Waals surface area contributed by atoms with Crippen molar-refractivity contribution in [3.63, 3.8) is 0 Å². The van der Waals surface area contributed by atoms with Crippen molar-refractivity contribution in [1.82, 2.24) is 24.9 Å². The Morgan fingerprint density at radius 2 is 2.22 bits per heavy atom. The first-order chi connectivity index (χ1) is 13.1. The lowest BCUT2D eigenvalue weighted by Crippen LogP contribution is -2.37. The summed E-state index contributed by atoms with van der Waals surface area (Å²) in [6, 6.07) is 8.20. The third-order valence-corrected chi connectivity index (χ3v) is 5.32. The summed E-state index contributed by atoms with van der Waals surface area (Å²) in [5, 5.41) is 9.31. The zero-order valence-corrected chi connectivity index (χ0v) is 15.7. The van der Waals surface area contributed by atoms with Gasteiger partial charge in [-0.15, -0.1) is 5.10 Å². The molecule has 3 heterocycles. The van der Waals surface area contributed by atoms with Crippen molar-refractivity contribution in [1.29, 1.82) is 0 Å². The molecule has 7 heteroatoms. The van der Waals surface area contributed by atoms with Crippen LogP contribution in [-0.4, -0.2) is 38.0 Å². The number of nitrogens with zero attached hydrogens (tertiary/aromatic N) is 4. The van der Waals surface area contributed by atoms with Gasteiger partial charge in [0.1, 0.15) is 0 Å². The Hall–Kier alpha value is -2.51. The molecule has 0 saturated carbocycles. The summed E-state index contributed by atoms with van der Waals surface area (Å²) in [5.41, 5.74) is 9.33. The molecule has 2 aromatic heterocycles. The summed E-state index contributed by atoms with van der Waals surface area (Å²) in [6.07, 6.45) is 4.23. The number of benzene rings is 1. The molecule has 4 rings (SSSR count). The summed E-state index contributed by atoms with van der Waals surface area (Å²) >= 11 is 0. The Morgan fingerprint density at radius 1 is 1.33 bits per heavy atom. The average molecular weight is 366 g/mol. The van der Waals surface area contributed by atoms with Crippen molar-refractivity contribution in [2.24, 2.45) is 11.7 Å². The van der Waals surface area contributed by atoms with E-state index in [4.69, 9.17) is 5.73 Å². The summed E-state index contributed by atoms with van der Waals surface area (Å²) in [5.74, 6) is 0.508. The first-order valence-electron chi connectivity index (χ1n) is 9.55. The van der Waals surface area contributed by atoms with Crippen LogP contribution >= 0.6 is 0 Å². The van der Waals surface area contributed by atoms with Gasteiger partial charge in [-0.1, -0.05) is 17.3 Å². The highest BCUT2D eigenvalue weighted by atomic mass is 16.1. The van der Waals surface area contributed by atoms with E-state index in [-0.39, 0.29) is 5.56 Å². The maximum Gasteiger partial charge on any atom is 0.252 e. The summed E-state index contributed by atoms with van der Waals surface area (Å²) in [4.78, 5) is 17.9. The van der Waals surface area contributed by atoms with Gasteiger partial charge in [-0.2, -0.15) is 0 Å². The Balaban J connectivity index is 1.45. The first-order valence-corrected chi connectivity index (χ1v) is 9.55. The third-order valence-electron chi connectivity index (χ3n) is 5.32. The normalized spacial score (nSPS) is 18.2. The van der Waals surface area contributed by atoms with Gasteiger partial charge in [0.25, 0.3) is 5.56 Å². The molecule has 1 fully saturated rings. The fraction of sp³-hybridized carbons (Fsp3) is 0.450. The number of pyridine rings is 1. The largest absolute Gasteiger partial charge is 0.325 e. The maximum absolute atomic E-state index is 12.5. The number of hydrogen-bond acceptors (Lipinski definition) is 5. The fourth-order valence-electron chi connectivity index (χ4n) is 3.95. The summed E-state index contributed by atoms with van der Waals surface area (Å²) < 4.78 is 1.89. The Morgan fingerprint density at radius 3 is 3.04 bits per heavy atom. The zero-order valence-electron chi connectivity index (χ0n) is 15.7. The SMILES string of the molecule is Cc1ccc2cc(CN3CCCC(Cn4cc(CN)nn4)C3)c(=O)[nH]c2c1. The van der Waals surface area contributed by atoms with Gasteiger partial charge >= 0.3 is 0 Å². The van der Waals surface area contributed by atoms with Crippen LogP contribution < -0.4 is 11.3 Å². The van der Waals surface area contributed by atoms with Crippen LogP contribution in [0.15, 0.2) is 35.3 Å². The van der Waals surface area contributed by atoms with Crippen LogP contribution in [-0.2, 0) is 19.6 Å². The smallest absolute Gasteiger partial charge is 0.252 e. The van der Waals surface area contributed by atoms with E-state index in [0.29, 0.717) is 19.0 Å². The average Bonchev–Trinajstić information content (AvgIpc) is 3.10. The maximum atomic E-state index is 12.5. The molecule has 1 atom stereocenters. The third kappa shape index (κ3) is 4.09. The number of fused-ring (bicyclic) bond motifs is 1. The van der Waals surface area contributed by atoms with E-state index in [1.54, 1.807) is 0 Å². The predicted octanol–water partition coefficient (Wildman–Crippen LogP) is 1.80. The van der Waals surface area contributed by atoms with Gasteiger partial charge in [0, 0.05) is 43.5 Å². The van der Waals surface area contributed by atoms with E-state index in [1.807, 2.05) is 29.9 Å². The highest BCUT2D eigenvalue weighted by Crippen LogP contribution is 2.20. The number of nitrogens with two attached hydrogens (primary N) is 1. The molecule has 27 heavy (non-hydrogen) atoms. The molecule has 0 aliphatic carbocycles. The van der Waals surface area contributed by atoms with Crippen LogP contribution in [0.3, 0.4) is 0 Å². The van der Waals surface area contributed by atoms with Crippen molar-refractivity contribution in [3.8, 4) is 0 Å². The molecular weight excluding hydrogens is 340 g/mol. The molecule has 3 N–H and O–H groups in total. The van der Waals surface area contributed by atoms with Gasteiger partial charge in [-0.25, -0.2) is 0 Å². The van der Waals surface area contributed by atoms with E-state index < -0.39 is 0 Å². The highest BCUT2D eigenvalue weighted by molar-refractivity contribution is 5.79. The molecule has 1 saturated heterocycles. The van der Waals surface area contributed by atoms with E-state index in [0.717, 1.165) is 53.8 Å². The molecule has 0 amide bonds. The second-order valence-electron chi connectivity index (χ2n) is 7.59. The zero-order chi connectivity index (χ0) is 18.8. The quantitative estimate of drug-likeness (QED) is 0.718.